The van der Waals surface area contributed by atoms with Crippen LogP contribution >= 0.6 is 0 Å². The van der Waals surface area contributed by atoms with Gasteiger partial charge in [0.25, 0.3) is 0 Å². The fourth-order valence-corrected chi connectivity index (χ4v) is 4.11. The largest absolute Gasteiger partial charge is 0.493 e. The van der Waals surface area contributed by atoms with Crippen molar-refractivity contribution in [3.05, 3.63) is 101 Å². The van der Waals surface area contributed by atoms with E-state index in [4.69, 9.17) is 29.4 Å². The molecule has 0 fully saturated rings. The zero-order valence-electron chi connectivity index (χ0n) is 21.2. The standard InChI is InChI=1S/C30H28N2O6/c1-4-14-35-24-9-7-6-8-22(24)30(33)37-20-11-12-21-26(17-20)38-29(32)23(18-31)28(21)19-10-13-25(36-15-5-2)27(16-19)34-3/h5-13,16-17,28H,2,4,14-15,32H2,1,3H3. The van der Waals surface area contributed by atoms with Gasteiger partial charge in [-0.25, -0.2) is 4.79 Å². The molecule has 0 spiro atoms. The topological polar surface area (TPSA) is 113 Å². The maximum Gasteiger partial charge on any atom is 0.347 e. The summed E-state index contributed by atoms with van der Waals surface area (Å²) in [6.45, 7) is 6.45. The Morgan fingerprint density at radius 1 is 1.11 bits per heavy atom. The number of nitriles is 1. The highest BCUT2D eigenvalue weighted by Crippen LogP contribution is 2.45. The Morgan fingerprint density at radius 2 is 1.92 bits per heavy atom. The van der Waals surface area contributed by atoms with Gasteiger partial charge in [-0.05, 0) is 42.3 Å². The molecule has 1 aliphatic rings. The number of esters is 1. The lowest BCUT2D eigenvalue weighted by Gasteiger charge is -2.27. The summed E-state index contributed by atoms with van der Waals surface area (Å²) in [5.41, 5.74) is 8.16. The first-order valence-electron chi connectivity index (χ1n) is 12.1. The minimum Gasteiger partial charge on any atom is -0.493 e. The fraction of sp³-hybridized carbons (Fsp3) is 0.200. The van der Waals surface area contributed by atoms with Crippen LogP contribution in [-0.2, 0) is 0 Å². The number of carbonyl (C=O) groups is 1. The molecule has 194 valence electrons. The number of carbonyl (C=O) groups excluding carboxylic acids is 1. The number of para-hydroxylation sites is 1. The van der Waals surface area contributed by atoms with Crippen molar-refractivity contribution in [2.75, 3.05) is 20.3 Å². The summed E-state index contributed by atoms with van der Waals surface area (Å²) in [5, 5.41) is 9.89. The summed E-state index contributed by atoms with van der Waals surface area (Å²) in [6, 6.07) is 19.5. The molecular weight excluding hydrogens is 484 g/mol. The van der Waals surface area contributed by atoms with Gasteiger partial charge in [0.2, 0.25) is 5.88 Å². The van der Waals surface area contributed by atoms with Crippen LogP contribution in [0.2, 0.25) is 0 Å². The average molecular weight is 513 g/mol. The molecule has 0 radical (unpaired) electrons. The van der Waals surface area contributed by atoms with Gasteiger partial charge in [-0.15, -0.1) is 0 Å². The van der Waals surface area contributed by atoms with Crippen molar-refractivity contribution in [3.63, 3.8) is 0 Å². The highest BCUT2D eigenvalue weighted by atomic mass is 16.5. The molecule has 0 saturated carbocycles. The molecule has 4 rings (SSSR count). The molecule has 0 bridgehead atoms. The van der Waals surface area contributed by atoms with Crippen LogP contribution in [0.15, 0.2) is 84.8 Å². The third kappa shape index (κ3) is 5.42. The minimum atomic E-state index is -0.565. The molecule has 0 saturated heterocycles. The number of nitrogens with zero attached hydrogens (tertiary/aromatic N) is 1. The van der Waals surface area contributed by atoms with E-state index < -0.39 is 11.9 Å². The Morgan fingerprint density at radius 3 is 2.66 bits per heavy atom. The minimum absolute atomic E-state index is 0.0299. The van der Waals surface area contributed by atoms with Crippen molar-refractivity contribution in [2.24, 2.45) is 5.73 Å². The van der Waals surface area contributed by atoms with Gasteiger partial charge in [0.1, 0.15) is 41.1 Å². The van der Waals surface area contributed by atoms with E-state index in [1.165, 1.54) is 0 Å². The lowest BCUT2D eigenvalue weighted by Crippen LogP contribution is -2.21. The van der Waals surface area contributed by atoms with Gasteiger partial charge in [-0.2, -0.15) is 5.26 Å². The van der Waals surface area contributed by atoms with E-state index in [1.54, 1.807) is 67.8 Å². The van der Waals surface area contributed by atoms with Crippen LogP contribution in [-0.4, -0.2) is 26.3 Å². The number of hydrogen-bond donors (Lipinski definition) is 1. The van der Waals surface area contributed by atoms with Gasteiger partial charge in [-0.1, -0.05) is 43.8 Å². The molecule has 8 nitrogen and oxygen atoms in total. The zero-order valence-corrected chi connectivity index (χ0v) is 21.2. The van der Waals surface area contributed by atoms with Crippen molar-refractivity contribution in [1.82, 2.24) is 0 Å². The molecule has 3 aromatic carbocycles. The number of rotatable bonds is 10. The zero-order chi connectivity index (χ0) is 27.1. The molecule has 2 N–H and O–H groups in total. The number of fused-ring (bicyclic) bond motifs is 1. The first kappa shape index (κ1) is 26.2. The third-order valence-electron chi connectivity index (χ3n) is 5.85. The maximum absolute atomic E-state index is 12.9. The highest BCUT2D eigenvalue weighted by Gasteiger charge is 2.32. The van der Waals surface area contributed by atoms with E-state index in [0.29, 0.717) is 47.3 Å². The lowest BCUT2D eigenvalue weighted by atomic mass is 9.83. The SMILES string of the molecule is C=CCOc1ccc(C2C(C#N)=C(N)Oc3cc(OC(=O)c4ccccc4OCCC)ccc32)cc1OC. The monoisotopic (exact) mass is 512 g/mol. The molecular formula is C30H28N2O6. The number of benzene rings is 3. The van der Waals surface area contributed by atoms with Gasteiger partial charge in [0.05, 0.1) is 19.6 Å². The number of hydrogen-bond acceptors (Lipinski definition) is 8. The third-order valence-corrected chi connectivity index (χ3v) is 5.85. The van der Waals surface area contributed by atoms with Crippen molar-refractivity contribution in [1.29, 1.82) is 5.26 Å². The van der Waals surface area contributed by atoms with Crippen LogP contribution < -0.4 is 29.4 Å². The van der Waals surface area contributed by atoms with Crippen LogP contribution in [0.1, 0.15) is 40.7 Å². The van der Waals surface area contributed by atoms with Gasteiger partial charge in [-0.3, -0.25) is 0 Å². The normalized spacial score (nSPS) is 14.0. The Kier molecular flexibility index (Phi) is 8.19. The van der Waals surface area contributed by atoms with Crippen LogP contribution in [0.4, 0.5) is 0 Å². The fourth-order valence-electron chi connectivity index (χ4n) is 4.11. The summed E-state index contributed by atoms with van der Waals surface area (Å²) >= 11 is 0. The summed E-state index contributed by atoms with van der Waals surface area (Å²) < 4.78 is 28.3. The van der Waals surface area contributed by atoms with Gasteiger partial charge in [0, 0.05) is 11.6 Å². The number of nitrogens with two attached hydrogens (primary N) is 1. The second kappa shape index (κ2) is 11.9. The molecule has 1 unspecified atom stereocenters. The Balaban J connectivity index is 1.66. The number of ether oxygens (including phenoxy) is 5. The molecule has 1 heterocycles. The van der Waals surface area contributed by atoms with E-state index in [1.807, 2.05) is 13.0 Å². The maximum atomic E-state index is 12.9. The van der Waals surface area contributed by atoms with E-state index in [-0.39, 0.29) is 17.2 Å². The highest BCUT2D eigenvalue weighted by molar-refractivity contribution is 5.94. The second-order valence-corrected chi connectivity index (χ2v) is 8.37. The first-order valence-corrected chi connectivity index (χ1v) is 12.1. The van der Waals surface area contributed by atoms with Crippen LogP contribution in [0.5, 0.6) is 28.7 Å². The number of methoxy groups -OCH3 is 1. The van der Waals surface area contributed by atoms with E-state index >= 15 is 0 Å². The van der Waals surface area contributed by atoms with Crippen molar-refractivity contribution < 1.29 is 28.5 Å². The molecule has 1 atom stereocenters. The summed E-state index contributed by atoms with van der Waals surface area (Å²) in [5.74, 6) is 1.01. The average Bonchev–Trinajstić information content (AvgIpc) is 2.94. The quantitative estimate of drug-likeness (QED) is 0.216. The number of allylic oxidation sites excluding steroid dienone is 1. The summed E-state index contributed by atoms with van der Waals surface area (Å²) in [6.07, 6.45) is 2.45. The van der Waals surface area contributed by atoms with Gasteiger partial charge < -0.3 is 29.4 Å². The molecule has 1 aliphatic heterocycles. The summed E-state index contributed by atoms with van der Waals surface area (Å²) in [4.78, 5) is 12.9. The first-order chi connectivity index (χ1) is 18.5. The van der Waals surface area contributed by atoms with Crippen LogP contribution in [0.3, 0.4) is 0 Å². The van der Waals surface area contributed by atoms with E-state index in [0.717, 1.165) is 12.0 Å². The van der Waals surface area contributed by atoms with Crippen molar-refractivity contribution in [2.45, 2.75) is 19.3 Å². The van der Waals surface area contributed by atoms with E-state index in [9.17, 15) is 10.1 Å². The van der Waals surface area contributed by atoms with Gasteiger partial charge >= 0.3 is 5.97 Å². The predicted octanol–water partition coefficient (Wildman–Crippen LogP) is 5.49. The molecule has 0 amide bonds. The molecule has 8 heteroatoms. The Hall–Kier alpha value is -4.90. The van der Waals surface area contributed by atoms with Crippen LogP contribution in [0, 0.1) is 11.3 Å². The molecule has 3 aromatic rings. The van der Waals surface area contributed by atoms with Crippen molar-refractivity contribution >= 4 is 5.97 Å². The van der Waals surface area contributed by atoms with E-state index in [2.05, 4.69) is 12.6 Å². The molecule has 0 aromatic heterocycles. The molecule has 0 aliphatic carbocycles. The predicted molar refractivity (Wildman–Crippen MR) is 142 cm³/mol. The molecule has 38 heavy (non-hydrogen) atoms. The van der Waals surface area contributed by atoms with Crippen molar-refractivity contribution in [3.8, 4) is 34.8 Å². The Labute approximate surface area is 221 Å². The lowest BCUT2D eigenvalue weighted by molar-refractivity contribution is 0.0730. The van der Waals surface area contributed by atoms with Crippen LogP contribution in [0.25, 0.3) is 0 Å². The summed E-state index contributed by atoms with van der Waals surface area (Å²) in [7, 11) is 1.54. The van der Waals surface area contributed by atoms with Gasteiger partial charge in [0.15, 0.2) is 11.5 Å². The smallest absolute Gasteiger partial charge is 0.347 e. The Bertz CT molecular complexity index is 1420. The second-order valence-electron chi connectivity index (χ2n) is 8.37.